The molecule has 1 saturated heterocycles. The van der Waals surface area contributed by atoms with Gasteiger partial charge >= 0.3 is 0 Å². The third-order valence-corrected chi connectivity index (χ3v) is 7.02. The Morgan fingerprint density at radius 3 is 2.58 bits per heavy atom. The fourth-order valence-corrected chi connectivity index (χ4v) is 5.23. The van der Waals surface area contributed by atoms with Crippen LogP contribution in [-0.2, 0) is 9.59 Å². The molecular formula is C27H27N3O3. The van der Waals surface area contributed by atoms with E-state index in [4.69, 9.17) is 0 Å². The zero-order valence-corrected chi connectivity index (χ0v) is 19.0. The number of nitrogens with zero attached hydrogens (tertiary/aromatic N) is 3. The number of para-hydroxylation sites is 1. The van der Waals surface area contributed by atoms with Gasteiger partial charge in [0.05, 0.1) is 16.9 Å². The Balaban J connectivity index is 1.33. The third-order valence-electron chi connectivity index (χ3n) is 7.02. The lowest BCUT2D eigenvalue weighted by Crippen LogP contribution is -2.62. The Hall–Kier alpha value is -3.67. The summed E-state index contributed by atoms with van der Waals surface area (Å²) in [7, 11) is 1.80. The zero-order chi connectivity index (χ0) is 23.2. The molecule has 2 aliphatic heterocycles. The molecule has 1 atom stereocenters. The fourth-order valence-electron chi connectivity index (χ4n) is 5.23. The Morgan fingerprint density at radius 1 is 1.00 bits per heavy atom. The first-order valence-corrected chi connectivity index (χ1v) is 11.4. The maximum atomic E-state index is 13.3. The molecule has 168 valence electrons. The number of carbonyl (C=O) groups excluding carboxylic acids is 3. The van der Waals surface area contributed by atoms with Crippen LogP contribution in [0, 0.1) is 0 Å². The van der Waals surface area contributed by atoms with Gasteiger partial charge in [-0.15, -0.1) is 0 Å². The maximum Gasteiger partial charge on any atom is 0.257 e. The van der Waals surface area contributed by atoms with Crippen LogP contribution in [0.1, 0.15) is 43.0 Å². The van der Waals surface area contributed by atoms with Crippen LogP contribution in [0.15, 0.2) is 66.7 Å². The highest BCUT2D eigenvalue weighted by molar-refractivity contribution is 6.10. The van der Waals surface area contributed by atoms with E-state index < -0.39 is 5.66 Å². The lowest BCUT2D eigenvalue weighted by molar-refractivity contribution is -0.119. The second-order valence-corrected chi connectivity index (χ2v) is 8.97. The highest BCUT2D eigenvalue weighted by atomic mass is 16.2. The lowest BCUT2D eigenvalue weighted by atomic mass is 9.98. The summed E-state index contributed by atoms with van der Waals surface area (Å²) < 4.78 is 0. The summed E-state index contributed by atoms with van der Waals surface area (Å²) in [5.74, 6) is -0.0381. The second kappa shape index (κ2) is 8.03. The minimum Gasteiger partial charge on any atom is -0.315 e. The molecule has 2 aliphatic rings. The first-order chi connectivity index (χ1) is 15.9. The van der Waals surface area contributed by atoms with E-state index in [9.17, 15) is 14.4 Å². The number of anilines is 2. The van der Waals surface area contributed by atoms with Crippen molar-refractivity contribution < 1.29 is 14.4 Å². The summed E-state index contributed by atoms with van der Waals surface area (Å²) in [6, 6.07) is 21.2. The van der Waals surface area contributed by atoms with E-state index in [0.717, 1.165) is 16.5 Å². The van der Waals surface area contributed by atoms with Gasteiger partial charge < -0.3 is 9.80 Å². The fraction of sp³-hybridized carbons (Fsp3) is 0.296. The molecule has 3 amide bonds. The van der Waals surface area contributed by atoms with Gasteiger partial charge in [-0.25, -0.2) is 0 Å². The topological polar surface area (TPSA) is 60.9 Å². The molecule has 33 heavy (non-hydrogen) atoms. The largest absolute Gasteiger partial charge is 0.315 e. The van der Waals surface area contributed by atoms with Gasteiger partial charge in [0.1, 0.15) is 5.66 Å². The smallest absolute Gasteiger partial charge is 0.257 e. The van der Waals surface area contributed by atoms with Crippen LogP contribution in [0.5, 0.6) is 0 Å². The average Bonchev–Trinajstić information content (AvgIpc) is 3.15. The molecule has 5 rings (SSSR count). The molecular weight excluding hydrogens is 414 g/mol. The molecule has 0 N–H and O–H groups in total. The predicted molar refractivity (Wildman–Crippen MR) is 129 cm³/mol. The van der Waals surface area contributed by atoms with Gasteiger partial charge in [0.15, 0.2) is 0 Å². The van der Waals surface area contributed by atoms with Crippen LogP contribution in [0.4, 0.5) is 11.4 Å². The summed E-state index contributed by atoms with van der Waals surface area (Å²) in [4.78, 5) is 44.3. The molecule has 0 bridgehead atoms. The van der Waals surface area contributed by atoms with Crippen molar-refractivity contribution in [1.29, 1.82) is 0 Å². The molecule has 1 fully saturated rings. The minimum atomic E-state index is -0.687. The quantitative estimate of drug-likeness (QED) is 0.582. The van der Waals surface area contributed by atoms with E-state index >= 15 is 0 Å². The van der Waals surface area contributed by atoms with Gasteiger partial charge in [0.2, 0.25) is 11.8 Å². The Morgan fingerprint density at radius 2 is 1.73 bits per heavy atom. The van der Waals surface area contributed by atoms with E-state index in [-0.39, 0.29) is 17.7 Å². The first kappa shape index (κ1) is 21.2. The highest BCUT2D eigenvalue weighted by Crippen LogP contribution is 2.44. The van der Waals surface area contributed by atoms with Gasteiger partial charge in [-0.05, 0) is 43.4 Å². The van der Waals surface area contributed by atoms with Crippen LogP contribution in [0.2, 0.25) is 0 Å². The molecule has 0 radical (unpaired) electrons. The van der Waals surface area contributed by atoms with Crippen LogP contribution in [-0.4, -0.2) is 41.9 Å². The van der Waals surface area contributed by atoms with Gasteiger partial charge in [-0.1, -0.05) is 48.5 Å². The van der Waals surface area contributed by atoms with Crippen molar-refractivity contribution in [3.8, 4) is 0 Å². The monoisotopic (exact) mass is 441 g/mol. The van der Waals surface area contributed by atoms with Gasteiger partial charge in [0, 0.05) is 31.8 Å². The standard InChI is InChI=1S/C27H27N3O3/c1-27-17-16-25(32)30(27)23-13-6-5-12-21(23)26(33)29(27)18-8-15-24(31)28(2)22-14-7-10-19-9-3-4-11-20(19)22/h3-7,9-14H,8,15-18H2,1-2H3. The summed E-state index contributed by atoms with van der Waals surface area (Å²) >= 11 is 0. The summed E-state index contributed by atoms with van der Waals surface area (Å²) in [6.45, 7) is 2.37. The molecule has 2 heterocycles. The second-order valence-electron chi connectivity index (χ2n) is 8.97. The van der Waals surface area contributed by atoms with E-state index in [1.54, 1.807) is 27.8 Å². The normalized spacial score (nSPS) is 19.6. The SMILES string of the molecule is CN(C(=O)CCCN1C(=O)c2ccccc2N2C(=O)CCC12C)c1cccc2ccccc12. The minimum absolute atomic E-state index is 0.000666. The molecule has 3 aromatic carbocycles. The van der Waals surface area contributed by atoms with Crippen molar-refractivity contribution in [3.63, 3.8) is 0 Å². The van der Waals surface area contributed by atoms with Crippen molar-refractivity contribution in [1.82, 2.24) is 4.90 Å². The molecule has 0 aromatic heterocycles. The average molecular weight is 442 g/mol. The number of rotatable bonds is 5. The summed E-state index contributed by atoms with van der Waals surface area (Å²) in [6.07, 6.45) is 1.85. The van der Waals surface area contributed by atoms with Crippen molar-refractivity contribution >= 4 is 39.9 Å². The van der Waals surface area contributed by atoms with Crippen molar-refractivity contribution in [2.24, 2.45) is 0 Å². The van der Waals surface area contributed by atoms with Crippen molar-refractivity contribution in [2.45, 2.75) is 38.3 Å². The van der Waals surface area contributed by atoms with Crippen LogP contribution < -0.4 is 9.80 Å². The van der Waals surface area contributed by atoms with Gasteiger partial charge in [-0.2, -0.15) is 0 Å². The molecule has 1 unspecified atom stereocenters. The number of hydrogen-bond donors (Lipinski definition) is 0. The number of hydrogen-bond acceptors (Lipinski definition) is 3. The van der Waals surface area contributed by atoms with Crippen LogP contribution in [0.25, 0.3) is 10.8 Å². The van der Waals surface area contributed by atoms with E-state index in [2.05, 4.69) is 0 Å². The number of benzene rings is 3. The van der Waals surface area contributed by atoms with Crippen LogP contribution in [0.3, 0.4) is 0 Å². The molecule has 0 saturated carbocycles. The maximum absolute atomic E-state index is 13.3. The molecule has 0 aliphatic carbocycles. The summed E-state index contributed by atoms with van der Waals surface area (Å²) in [5.41, 5.74) is 1.42. The van der Waals surface area contributed by atoms with Crippen molar-refractivity contribution in [2.75, 3.05) is 23.4 Å². The van der Waals surface area contributed by atoms with Gasteiger partial charge in [0.25, 0.3) is 5.91 Å². The predicted octanol–water partition coefficient (Wildman–Crippen LogP) is 4.58. The van der Waals surface area contributed by atoms with Crippen molar-refractivity contribution in [3.05, 3.63) is 72.3 Å². The molecule has 6 nitrogen and oxygen atoms in total. The third kappa shape index (κ3) is 3.37. The highest BCUT2D eigenvalue weighted by Gasteiger charge is 2.52. The number of carbonyl (C=O) groups is 3. The van der Waals surface area contributed by atoms with E-state index in [0.29, 0.717) is 43.5 Å². The van der Waals surface area contributed by atoms with Crippen LogP contribution >= 0.6 is 0 Å². The zero-order valence-electron chi connectivity index (χ0n) is 19.0. The van der Waals surface area contributed by atoms with E-state index in [1.165, 1.54) is 0 Å². The molecule has 3 aromatic rings. The molecule has 6 heteroatoms. The number of amides is 3. The van der Waals surface area contributed by atoms with E-state index in [1.807, 2.05) is 67.6 Å². The Labute approximate surface area is 193 Å². The van der Waals surface area contributed by atoms with Gasteiger partial charge in [-0.3, -0.25) is 19.3 Å². The molecule has 0 spiro atoms. The lowest BCUT2D eigenvalue weighted by Gasteiger charge is -2.48. The Bertz CT molecular complexity index is 1260. The first-order valence-electron chi connectivity index (χ1n) is 11.4. The Kier molecular flexibility index (Phi) is 5.16. The number of fused-ring (bicyclic) bond motifs is 4. The summed E-state index contributed by atoms with van der Waals surface area (Å²) in [5, 5.41) is 2.12.